The molecule has 3 aromatic rings. The van der Waals surface area contributed by atoms with Gasteiger partial charge in [0.05, 0.1) is 24.8 Å². The van der Waals surface area contributed by atoms with Crippen LogP contribution in [-0.2, 0) is 16.1 Å². The highest BCUT2D eigenvalue weighted by molar-refractivity contribution is 6.43. The summed E-state index contributed by atoms with van der Waals surface area (Å²) in [7, 11) is 1.13. The molecular weight excluding hydrogens is 302 g/mol. The normalized spacial score (nSPS) is 10.9. The molecule has 0 aromatic carbocycles. The molecule has 0 atom stereocenters. The highest BCUT2D eigenvalue weighted by Crippen LogP contribution is 2.27. The number of esters is 1. The van der Waals surface area contributed by atoms with Crippen molar-refractivity contribution >= 4 is 22.7 Å². The fourth-order valence-electron chi connectivity index (χ4n) is 2.32. The molecule has 0 unspecified atom stereocenters. The highest BCUT2D eigenvalue weighted by Gasteiger charge is 2.24. The van der Waals surface area contributed by atoms with Crippen LogP contribution in [0.2, 0.25) is 0 Å². The summed E-state index contributed by atoms with van der Waals surface area (Å²) in [6.45, 7) is 1.40. The van der Waals surface area contributed by atoms with Crippen molar-refractivity contribution in [1.82, 2.24) is 24.7 Å². The Kier molecular flexibility index (Phi) is 3.62. The predicted octanol–water partition coefficient (Wildman–Crippen LogP) is 0.300. The van der Waals surface area contributed by atoms with Crippen LogP contribution in [-0.4, -0.2) is 48.7 Å². The Morgan fingerprint density at radius 2 is 2.17 bits per heavy atom. The monoisotopic (exact) mass is 315 g/mol. The summed E-state index contributed by atoms with van der Waals surface area (Å²) in [4.78, 5) is 34.8. The van der Waals surface area contributed by atoms with E-state index in [0.29, 0.717) is 28.1 Å². The van der Waals surface area contributed by atoms with E-state index in [0.717, 1.165) is 7.11 Å². The Morgan fingerprint density at radius 1 is 1.39 bits per heavy atom. The number of Topliss-reactive ketones (excluding diaryl/α,β-unsaturated/α-hetero) is 1. The maximum absolute atomic E-state index is 12.1. The number of ketones is 1. The van der Waals surface area contributed by atoms with Gasteiger partial charge in [0.25, 0.3) is 5.78 Å². The molecule has 0 saturated heterocycles. The lowest BCUT2D eigenvalue weighted by molar-refractivity contribution is -0.135. The van der Waals surface area contributed by atoms with Crippen LogP contribution >= 0.6 is 0 Å². The lowest BCUT2D eigenvalue weighted by Gasteiger charge is -2.06. The summed E-state index contributed by atoms with van der Waals surface area (Å²) in [6.07, 6.45) is 4.30. The van der Waals surface area contributed by atoms with E-state index < -0.39 is 11.8 Å². The maximum Gasteiger partial charge on any atom is 0.379 e. The summed E-state index contributed by atoms with van der Waals surface area (Å²) in [5.74, 6) is -0.824. The number of hydrogen-bond donors (Lipinski definition) is 2. The Morgan fingerprint density at radius 3 is 2.78 bits per heavy atom. The molecule has 0 amide bonds. The van der Waals surface area contributed by atoms with Crippen LogP contribution in [0.25, 0.3) is 16.7 Å². The quantitative estimate of drug-likeness (QED) is 0.403. The fraction of sp³-hybridized carbons (Fsp3) is 0.214. The molecule has 0 aliphatic carbocycles. The first-order chi connectivity index (χ1) is 11.1. The molecular formula is C14H13N5O4. The van der Waals surface area contributed by atoms with Crippen molar-refractivity contribution in [2.45, 2.75) is 13.5 Å². The average molecular weight is 315 g/mol. The third kappa shape index (κ3) is 2.36. The van der Waals surface area contributed by atoms with E-state index in [2.05, 4.69) is 24.8 Å². The molecule has 3 heterocycles. The summed E-state index contributed by atoms with van der Waals surface area (Å²) in [5.41, 5.74) is 0.985. The minimum atomic E-state index is -0.982. The zero-order valence-corrected chi connectivity index (χ0v) is 12.4. The van der Waals surface area contributed by atoms with Gasteiger partial charge in [0.1, 0.15) is 12.2 Å². The van der Waals surface area contributed by atoms with Crippen LogP contribution < -0.4 is 0 Å². The molecule has 9 nitrogen and oxygen atoms in total. The van der Waals surface area contributed by atoms with Gasteiger partial charge in [-0.2, -0.15) is 5.10 Å². The average Bonchev–Trinajstić information content (AvgIpc) is 3.19. The van der Waals surface area contributed by atoms with Crippen molar-refractivity contribution in [1.29, 1.82) is 0 Å². The number of carbonyl (C=O) groups excluding carboxylic acids is 2. The molecule has 2 N–H and O–H groups in total. The Balaban J connectivity index is 2.26. The predicted molar refractivity (Wildman–Crippen MR) is 78.0 cm³/mol. The molecule has 0 aliphatic heterocycles. The first kappa shape index (κ1) is 14.9. The van der Waals surface area contributed by atoms with E-state index in [-0.39, 0.29) is 12.2 Å². The zero-order valence-electron chi connectivity index (χ0n) is 12.4. The van der Waals surface area contributed by atoms with Gasteiger partial charge in [-0.25, -0.2) is 19.4 Å². The van der Waals surface area contributed by atoms with Gasteiger partial charge >= 0.3 is 5.97 Å². The van der Waals surface area contributed by atoms with Gasteiger partial charge in [-0.3, -0.25) is 4.79 Å². The molecule has 0 saturated carbocycles. The van der Waals surface area contributed by atoms with Crippen LogP contribution in [0, 0.1) is 6.92 Å². The molecule has 118 valence electrons. The van der Waals surface area contributed by atoms with Gasteiger partial charge in [0.2, 0.25) is 0 Å². The van der Waals surface area contributed by atoms with Gasteiger partial charge in [-0.15, -0.1) is 0 Å². The number of aromatic amines is 1. The third-order valence-corrected chi connectivity index (χ3v) is 3.38. The van der Waals surface area contributed by atoms with Crippen molar-refractivity contribution in [3.8, 4) is 5.82 Å². The number of carbonyl (C=O) groups is 2. The van der Waals surface area contributed by atoms with Crippen LogP contribution in [0.5, 0.6) is 0 Å². The zero-order chi connectivity index (χ0) is 16.6. The molecule has 23 heavy (non-hydrogen) atoms. The number of nitrogens with one attached hydrogen (secondary N) is 1. The smallest absolute Gasteiger partial charge is 0.379 e. The molecule has 0 spiro atoms. The van der Waals surface area contributed by atoms with Crippen molar-refractivity contribution in [3.63, 3.8) is 0 Å². The number of aliphatic hydroxyl groups excluding tert-OH is 1. The Labute approximate surface area is 129 Å². The summed E-state index contributed by atoms with van der Waals surface area (Å²) in [5, 5.41) is 14.1. The van der Waals surface area contributed by atoms with Crippen molar-refractivity contribution in [2.75, 3.05) is 7.11 Å². The second kappa shape index (κ2) is 5.61. The third-order valence-electron chi connectivity index (χ3n) is 3.38. The van der Waals surface area contributed by atoms with Crippen LogP contribution in [0.1, 0.15) is 21.7 Å². The van der Waals surface area contributed by atoms with Crippen molar-refractivity contribution in [2.24, 2.45) is 0 Å². The number of pyridine rings is 1. The number of aryl methyl sites for hydroxylation is 1. The lowest BCUT2D eigenvalue weighted by Crippen LogP contribution is -2.15. The molecule has 3 rings (SSSR count). The van der Waals surface area contributed by atoms with Gasteiger partial charge < -0.3 is 14.8 Å². The van der Waals surface area contributed by atoms with Crippen molar-refractivity contribution < 1.29 is 19.4 Å². The molecule has 0 radical (unpaired) electrons. The number of methoxy groups -OCH3 is 1. The van der Waals surface area contributed by atoms with Gasteiger partial charge in [0, 0.05) is 23.3 Å². The van der Waals surface area contributed by atoms with Crippen LogP contribution in [0.4, 0.5) is 0 Å². The van der Waals surface area contributed by atoms with E-state index in [1.54, 1.807) is 6.92 Å². The number of H-pyrrole nitrogens is 1. The standard InChI is InChI=1S/C14H13N5O4/c1-7-17-6-19(18-7)13-11-10(8(5-20)3-16-13)9(4-15-11)12(21)14(22)23-2/h3-4,6,15,20H,5H2,1-2H3. The van der Waals surface area contributed by atoms with Gasteiger partial charge in [-0.1, -0.05) is 0 Å². The Hall–Kier alpha value is -3.07. The lowest BCUT2D eigenvalue weighted by atomic mass is 10.1. The Bertz CT molecular complexity index is 911. The number of rotatable bonds is 4. The van der Waals surface area contributed by atoms with Crippen LogP contribution in [0.15, 0.2) is 18.7 Å². The fourth-order valence-corrected chi connectivity index (χ4v) is 2.32. The SMILES string of the molecule is COC(=O)C(=O)c1c[nH]c2c(-n3cnc(C)n3)ncc(CO)c12. The molecule has 9 heteroatoms. The topological polar surface area (TPSA) is 123 Å². The summed E-state index contributed by atoms with van der Waals surface area (Å²) < 4.78 is 5.91. The second-order valence-corrected chi connectivity index (χ2v) is 4.77. The molecule has 3 aromatic heterocycles. The minimum Gasteiger partial charge on any atom is -0.463 e. The minimum absolute atomic E-state index is 0.108. The van der Waals surface area contributed by atoms with E-state index >= 15 is 0 Å². The largest absolute Gasteiger partial charge is 0.463 e. The molecule has 0 fully saturated rings. The first-order valence-corrected chi connectivity index (χ1v) is 6.68. The number of aliphatic hydroxyl groups is 1. The summed E-state index contributed by atoms with van der Waals surface area (Å²) in [6, 6.07) is 0. The van der Waals surface area contributed by atoms with E-state index in [4.69, 9.17) is 0 Å². The number of hydrogen-bond acceptors (Lipinski definition) is 7. The highest BCUT2D eigenvalue weighted by atomic mass is 16.5. The van der Waals surface area contributed by atoms with E-state index in [1.807, 2.05) is 0 Å². The second-order valence-electron chi connectivity index (χ2n) is 4.77. The van der Waals surface area contributed by atoms with Gasteiger partial charge in [-0.05, 0) is 6.92 Å². The number of fused-ring (bicyclic) bond motifs is 1. The number of aromatic nitrogens is 5. The molecule has 0 bridgehead atoms. The van der Waals surface area contributed by atoms with Crippen molar-refractivity contribution in [3.05, 3.63) is 35.7 Å². The van der Waals surface area contributed by atoms with E-state index in [9.17, 15) is 14.7 Å². The number of ether oxygens (including phenoxy) is 1. The summed E-state index contributed by atoms with van der Waals surface area (Å²) >= 11 is 0. The van der Waals surface area contributed by atoms with Gasteiger partial charge in [0.15, 0.2) is 5.82 Å². The first-order valence-electron chi connectivity index (χ1n) is 6.68. The number of nitrogens with zero attached hydrogens (tertiary/aromatic N) is 4. The van der Waals surface area contributed by atoms with E-state index in [1.165, 1.54) is 23.4 Å². The van der Waals surface area contributed by atoms with Crippen LogP contribution in [0.3, 0.4) is 0 Å². The molecule has 0 aliphatic rings. The maximum atomic E-state index is 12.1.